The maximum Gasteiger partial charge on any atom is 0.405 e. The van der Waals surface area contributed by atoms with E-state index in [1.807, 2.05) is 0 Å². The molecule has 122 valence electrons. The number of nitrogens with one attached hydrogen (secondary N) is 3. The SMILES string of the molecule is CCNC(=O)CN(CC)CC(=O)NC(=O)NCC(F)(F)F. The molecule has 0 atom stereocenters. The Balaban J connectivity index is 4.15. The molecule has 0 spiro atoms. The number of amides is 4. The molecular formula is C11H19F3N4O3. The summed E-state index contributed by atoms with van der Waals surface area (Å²) in [4.78, 5) is 35.3. The van der Waals surface area contributed by atoms with Crippen molar-refractivity contribution in [3.63, 3.8) is 0 Å². The Morgan fingerprint density at radius 1 is 1.00 bits per heavy atom. The van der Waals surface area contributed by atoms with Gasteiger partial charge in [-0.2, -0.15) is 13.2 Å². The molecular weight excluding hydrogens is 293 g/mol. The summed E-state index contributed by atoms with van der Waals surface area (Å²) in [6.07, 6.45) is -4.55. The molecule has 0 aliphatic carbocycles. The highest BCUT2D eigenvalue weighted by Gasteiger charge is 2.28. The first-order valence-corrected chi connectivity index (χ1v) is 6.31. The van der Waals surface area contributed by atoms with E-state index >= 15 is 0 Å². The highest BCUT2D eigenvalue weighted by molar-refractivity contribution is 5.95. The first kappa shape index (κ1) is 19.2. The van der Waals surface area contributed by atoms with E-state index in [1.54, 1.807) is 19.2 Å². The van der Waals surface area contributed by atoms with Crippen LogP contribution in [0.2, 0.25) is 0 Å². The minimum atomic E-state index is -4.55. The lowest BCUT2D eigenvalue weighted by Gasteiger charge is -2.19. The Bertz CT molecular complexity index is 374. The van der Waals surface area contributed by atoms with Crippen molar-refractivity contribution >= 4 is 17.8 Å². The Morgan fingerprint density at radius 3 is 2.05 bits per heavy atom. The summed E-state index contributed by atoms with van der Waals surface area (Å²) in [6.45, 7) is 2.43. The summed E-state index contributed by atoms with van der Waals surface area (Å²) < 4.78 is 35.6. The summed E-state index contributed by atoms with van der Waals surface area (Å²) in [5.41, 5.74) is 0. The molecule has 3 N–H and O–H groups in total. The molecule has 0 aliphatic heterocycles. The molecule has 0 heterocycles. The second-order valence-corrected chi connectivity index (χ2v) is 4.10. The molecule has 21 heavy (non-hydrogen) atoms. The largest absolute Gasteiger partial charge is 0.405 e. The van der Waals surface area contributed by atoms with Gasteiger partial charge in [0.05, 0.1) is 13.1 Å². The fourth-order valence-electron chi connectivity index (χ4n) is 1.33. The molecule has 10 heteroatoms. The van der Waals surface area contributed by atoms with E-state index in [4.69, 9.17) is 0 Å². The lowest BCUT2D eigenvalue weighted by atomic mass is 10.4. The van der Waals surface area contributed by atoms with Crippen molar-refractivity contribution in [2.75, 3.05) is 32.7 Å². The van der Waals surface area contributed by atoms with Crippen molar-refractivity contribution < 1.29 is 27.6 Å². The van der Waals surface area contributed by atoms with Crippen LogP contribution in [-0.2, 0) is 9.59 Å². The van der Waals surface area contributed by atoms with Gasteiger partial charge in [0.2, 0.25) is 11.8 Å². The Labute approximate surface area is 120 Å². The van der Waals surface area contributed by atoms with Crippen LogP contribution in [0.1, 0.15) is 13.8 Å². The second-order valence-electron chi connectivity index (χ2n) is 4.10. The monoisotopic (exact) mass is 312 g/mol. The molecule has 0 radical (unpaired) electrons. The maximum atomic E-state index is 11.9. The topological polar surface area (TPSA) is 90.5 Å². The number of rotatable bonds is 7. The van der Waals surface area contributed by atoms with Crippen LogP contribution < -0.4 is 16.0 Å². The zero-order valence-electron chi connectivity index (χ0n) is 11.8. The van der Waals surface area contributed by atoms with Gasteiger partial charge in [-0.15, -0.1) is 0 Å². The zero-order chi connectivity index (χ0) is 16.5. The second kappa shape index (κ2) is 9.16. The summed E-state index contributed by atoms with van der Waals surface area (Å²) in [5, 5.41) is 5.82. The molecule has 4 amide bonds. The third-order valence-corrected chi connectivity index (χ3v) is 2.26. The van der Waals surface area contributed by atoms with Gasteiger partial charge in [0.1, 0.15) is 6.54 Å². The molecule has 0 bridgehead atoms. The number of urea groups is 1. The molecule has 7 nitrogen and oxygen atoms in total. The van der Waals surface area contributed by atoms with Crippen LogP contribution in [0.5, 0.6) is 0 Å². The lowest BCUT2D eigenvalue weighted by molar-refractivity contribution is -0.126. The van der Waals surface area contributed by atoms with Gasteiger partial charge >= 0.3 is 12.2 Å². The smallest absolute Gasteiger partial charge is 0.355 e. The molecule has 0 aromatic heterocycles. The highest BCUT2D eigenvalue weighted by atomic mass is 19.4. The Hall–Kier alpha value is -1.84. The van der Waals surface area contributed by atoms with Gasteiger partial charge in [-0.05, 0) is 13.5 Å². The van der Waals surface area contributed by atoms with E-state index < -0.39 is 24.7 Å². The van der Waals surface area contributed by atoms with Crippen molar-refractivity contribution in [3.05, 3.63) is 0 Å². The average molecular weight is 312 g/mol. The van der Waals surface area contributed by atoms with Crippen LogP contribution in [0.3, 0.4) is 0 Å². The molecule has 0 unspecified atom stereocenters. The minimum Gasteiger partial charge on any atom is -0.355 e. The van der Waals surface area contributed by atoms with Crippen molar-refractivity contribution in [3.8, 4) is 0 Å². The summed E-state index contributed by atoms with van der Waals surface area (Å²) >= 11 is 0. The number of alkyl halides is 3. The normalized spacial score (nSPS) is 11.1. The quantitative estimate of drug-likeness (QED) is 0.609. The van der Waals surface area contributed by atoms with Crippen molar-refractivity contribution in [2.45, 2.75) is 20.0 Å². The average Bonchev–Trinajstić information content (AvgIpc) is 2.35. The van der Waals surface area contributed by atoms with Gasteiger partial charge in [0, 0.05) is 6.54 Å². The first-order chi connectivity index (χ1) is 9.67. The predicted molar refractivity (Wildman–Crippen MR) is 68.4 cm³/mol. The Kier molecular flexibility index (Phi) is 8.36. The number of hydrogen-bond acceptors (Lipinski definition) is 4. The van der Waals surface area contributed by atoms with Crippen LogP contribution in [0.15, 0.2) is 0 Å². The third kappa shape index (κ3) is 10.6. The van der Waals surface area contributed by atoms with Crippen molar-refractivity contribution in [1.29, 1.82) is 0 Å². The summed E-state index contributed by atoms with van der Waals surface area (Å²) in [5.74, 6) is -1.07. The predicted octanol–water partition coefficient (Wildman–Crippen LogP) is -0.168. The fraction of sp³-hybridized carbons (Fsp3) is 0.727. The van der Waals surface area contributed by atoms with E-state index in [9.17, 15) is 27.6 Å². The van der Waals surface area contributed by atoms with Gasteiger partial charge in [-0.1, -0.05) is 6.92 Å². The number of hydrogen-bond donors (Lipinski definition) is 3. The van der Waals surface area contributed by atoms with Gasteiger partial charge in [0.25, 0.3) is 0 Å². The number of carbonyl (C=O) groups excluding carboxylic acids is 3. The summed E-state index contributed by atoms with van der Waals surface area (Å²) in [6, 6.07) is -1.23. The molecule has 0 saturated carbocycles. The van der Waals surface area contributed by atoms with Gasteiger partial charge < -0.3 is 10.6 Å². The van der Waals surface area contributed by atoms with Gasteiger partial charge in [-0.3, -0.25) is 19.8 Å². The minimum absolute atomic E-state index is 0.0398. The number of imide groups is 1. The van der Waals surface area contributed by atoms with E-state index in [2.05, 4.69) is 5.32 Å². The molecule has 0 fully saturated rings. The maximum absolute atomic E-state index is 11.9. The number of halogens is 3. The summed E-state index contributed by atoms with van der Waals surface area (Å²) in [7, 11) is 0. The van der Waals surface area contributed by atoms with Crippen LogP contribution in [0.4, 0.5) is 18.0 Å². The van der Waals surface area contributed by atoms with Crippen LogP contribution in [0, 0.1) is 0 Å². The number of carbonyl (C=O) groups is 3. The van der Waals surface area contributed by atoms with Crippen LogP contribution in [0.25, 0.3) is 0 Å². The van der Waals surface area contributed by atoms with Crippen LogP contribution in [-0.4, -0.2) is 61.6 Å². The van der Waals surface area contributed by atoms with E-state index in [-0.39, 0.29) is 19.0 Å². The highest BCUT2D eigenvalue weighted by Crippen LogP contribution is 2.11. The van der Waals surface area contributed by atoms with E-state index in [0.717, 1.165) is 0 Å². The molecule has 0 aromatic carbocycles. The molecule has 0 aliphatic rings. The van der Waals surface area contributed by atoms with Gasteiger partial charge in [0.15, 0.2) is 0 Å². The van der Waals surface area contributed by atoms with Crippen LogP contribution >= 0.6 is 0 Å². The van der Waals surface area contributed by atoms with E-state index in [0.29, 0.717) is 13.1 Å². The third-order valence-electron chi connectivity index (χ3n) is 2.26. The number of nitrogens with zero attached hydrogens (tertiary/aromatic N) is 1. The lowest BCUT2D eigenvalue weighted by Crippen LogP contribution is -2.48. The standard InChI is InChI=1S/C11H19F3N4O3/c1-3-15-8(19)5-18(4-2)6-9(20)17-10(21)16-7-11(12,13)14/h3-7H2,1-2H3,(H,15,19)(H2,16,17,20,21). The molecule has 0 aromatic rings. The number of likely N-dealkylation sites (N-methyl/N-ethyl adjacent to an activating group) is 2. The van der Waals surface area contributed by atoms with Crippen molar-refractivity contribution in [2.24, 2.45) is 0 Å². The van der Waals surface area contributed by atoms with Gasteiger partial charge in [-0.25, -0.2) is 4.79 Å². The van der Waals surface area contributed by atoms with Crippen molar-refractivity contribution in [1.82, 2.24) is 20.9 Å². The molecule has 0 rings (SSSR count). The molecule has 0 saturated heterocycles. The zero-order valence-corrected chi connectivity index (χ0v) is 11.8. The van der Waals surface area contributed by atoms with E-state index in [1.165, 1.54) is 10.2 Å². The fourth-order valence-corrected chi connectivity index (χ4v) is 1.33. The Morgan fingerprint density at radius 2 is 1.57 bits per heavy atom. The first-order valence-electron chi connectivity index (χ1n) is 6.31.